The first-order chi connectivity index (χ1) is 18.6. The van der Waals surface area contributed by atoms with Crippen LogP contribution in [0.1, 0.15) is 16.1 Å². The molecule has 2 atom stereocenters. The van der Waals surface area contributed by atoms with Crippen LogP contribution in [0.2, 0.25) is 0 Å². The van der Waals surface area contributed by atoms with E-state index in [4.69, 9.17) is 15.3 Å². The number of nitrogen functional groups attached to an aromatic ring is 1. The van der Waals surface area contributed by atoms with Crippen molar-refractivity contribution >= 4 is 57.7 Å². The molecule has 2 aromatic rings. The molecule has 204 valence electrons. The summed E-state index contributed by atoms with van der Waals surface area (Å²) in [4.78, 5) is 59.7. The lowest BCUT2D eigenvalue weighted by Gasteiger charge is -2.49. The molecule has 16 heteroatoms. The zero-order valence-electron chi connectivity index (χ0n) is 20.1. The van der Waals surface area contributed by atoms with E-state index < -0.39 is 40.9 Å². The number of nitrogens with one attached hydrogen (secondary N) is 1. The summed E-state index contributed by atoms with van der Waals surface area (Å²) in [7, 11) is 1.24. The molecule has 0 saturated carbocycles. The van der Waals surface area contributed by atoms with Crippen LogP contribution in [0.4, 0.5) is 5.13 Å². The lowest BCUT2D eigenvalue weighted by Crippen LogP contribution is -2.71. The SMILES string of the molecule is CO/N=C(\C(=O)NC1C(=O)N2C(C(=O)O)=C(/C=C/COC(=O)c3ccc(O)c(O)c3)CS[C@@H]12)c1csc(N)n1. The molecule has 1 unspecified atom stereocenters. The number of thioether (sulfide) groups is 1. The van der Waals surface area contributed by atoms with Gasteiger partial charge >= 0.3 is 11.9 Å². The van der Waals surface area contributed by atoms with Gasteiger partial charge < -0.3 is 35.9 Å². The van der Waals surface area contributed by atoms with Crippen LogP contribution in [0.5, 0.6) is 11.5 Å². The number of carboxylic acids is 1. The van der Waals surface area contributed by atoms with Crippen LogP contribution in [0.25, 0.3) is 0 Å². The largest absolute Gasteiger partial charge is 0.504 e. The fourth-order valence-electron chi connectivity index (χ4n) is 3.72. The summed E-state index contributed by atoms with van der Waals surface area (Å²) in [6.45, 7) is -0.222. The van der Waals surface area contributed by atoms with Crippen molar-refractivity contribution in [3.05, 3.63) is 58.3 Å². The predicted molar refractivity (Wildman–Crippen MR) is 139 cm³/mol. The third-order valence-corrected chi connectivity index (χ3v) is 7.47. The molecule has 2 aliphatic rings. The lowest BCUT2D eigenvalue weighted by molar-refractivity contribution is -0.150. The number of ether oxygens (including phenoxy) is 1. The van der Waals surface area contributed by atoms with Crippen molar-refractivity contribution in [2.45, 2.75) is 11.4 Å². The molecular weight excluding hydrogens is 554 g/mol. The average molecular weight is 576 g/mol. The summed E-state index contributed by atoms with van der Waals surface area (Å²) in [6.07, 6.45) is 2.84. The number of nitrogens with two attached hydrogens (primary N) is 1. The number of nitrogens with zero attached hydrogens (tertiary/aromatic N) is 3. The lowest BCUT2D eigenvalue weighted by atomic mass is 10.0. The zero-order valence-corrected chi connectivity index (χ0v) is 21.7. The number of carbonyl (C=O) groups is 4. The van der Waals surface area contributed by atoms with E-state index in [2.05, 4.69) is 15.5 Å². The Bertz CT molecular complexity index is 1430. The number of hydrogen-bond donors (Lipinski definition) is 5. The number of phenols is 2. The number of rotatable bonds is 9. The number of hydrogen-bond acceptors (Lipinski definition) is 13. The molecule has 39 heavy (non-hydrogen) atoms. The number of amides is 2. The number of fused-ring (bicyclic) bond motifs is 1. The van der Waals surface area contributed by atoms with E-state index in [9.17, 15) is 34.5 Å². The molecule has 4 rings (SSSR count). The van der Waals surface area contributed by atoms with Gasteiger partial charge in [0, 0.05) is 11.1 Å². The minimum absolute atomic E-state index is 0.0106. The number of aromatic nitrogens is 1. The number of carboxylic acid groups (broad SMARTS) is 1. The van der Waals surface area contributed by atoms with Gasteiger partial charge in [-0.3, -0.25) is 14.5 Å². The van der Waals surface area contributed by atoms with Crippen LogP contribution < -0.4 is 11.1 Å². The number of esters is 1. The Hall–Kier alpha value is -4.57. The first-order valence-electron chi connectivity index (χ1n) is 11.0. The van der Waals surface area contributed by atoms with Gasteiger partial charge in [-0.1, -0.05) is 11.2 Å². The molecule has 0 aliphatic carbocycles. The van der Waals surface area contributed by atoms with Gasteiger partial charge in [0.1, 0.15) is 36.5 Å². The van der Waals surface area contributed by atoms with E-state index in [0.29, 0.717) is 5.57 Å². The van der Waals surface area contributed by atoms with Crippen LogP contribution in [0.3, 0.4) is 0 Å². The summed E-state index contributed by atoms with van der Waals surface area (Å²) in [6, 6.07) is 2.45. The van der Waals surface area contributed by atoms with Gasteiger partial charge in [0.05, 0.1) is 5.56 Å². The van der Waals surface area contributed by atoms with Crippen molar-refractivity contribution in [1.29, 1.82) is 0 Å². The number of oxime groups is 1. The van der Waals surface area contributed by atoms with Crippen molar-refractivity contribution in [1.82, 2.24) is 15.2 Å². The van der Waals surface area contributed by atoms with Crippen molar-refractivity contribution in [2.75, 3.05) is 25.2 Å². The molecule has 2 aliphatic heterocycles. The average Bonchev–Trinajstić information content (AvgIpc) is 3.34. The molecule has 1 aromatic carbocycles. The standard InChI is InChI=1S/C23H21N5O9S2/c1-36-27-15(12-9-39-23(24)25-12)18(31)26-16-19(32)28-17(21(33)34)11(8-38-20(16)28)3-2-6-37-22(35)10-4-5-13(29)14(30)7-10/h2-5,7,9,16,20,29-30H,6,8H2,1H3,(H2,24,25)(H,26,31)(H,33,34)/b3-2+,27-15-/t16?,20-/m0/s1. The van der Waals surface area contributed by atoms with Crippen LogP contribution >= 0.6 is 23.1 Å². The van der Waals surface area contributed by atoms with Gasteiger partial charge in [-0.05, 0) is 29.8 Å². The first-order valence-corrected chi connectivity index (χ1v) is 12.9. The topological polar surface area (TPSA) is 214 Å². The number of allylic oxidation sites excluding steroid dienone is 1. The molecule has 1 aromatic heterocycles. The highest BCUT2D eigenvalue weighted by Gasteiger charge is 2.54. The van der Waals surface area contributed by atoms with Crippen molar-refractivity contribution in [2.24, 2.45) is 5.16 Å². The molecule has 3 heterocycles. The molecule has 14 nitrogen and oxygen atoms in total. The monoisotopic (exact) mass is 575 g/mol. The minimum Gasteiger partial charge on any atom is -0.504 e. The van der Waals surface area contributed by atoms with Crippen molar-refractivity contribution in [3.63, 3.8) is 0 Å². The number of carbonyl (C=O) groups excluding carboxylic acids is 3. The molecule has 2 amide bonds. The molecule has 1 saturated heterocycles. The Morgan fingerprint density at radius 1 is 1.31 bits per heavy atom. The van der Waals surface area contributed by atoms with Gasteiger partial charge in [0.2, 0.25) is 0 Å². The maximum Gasteiger partial charge on any atom is 0.352 e. The van der Waals surface area contributed by atoms with E-state index in [1.807, 2.05) is 0 Å². The fourth-order valence-corrected chi connectivity index (χ4v) is 5.59. The summed E-state index contributed by atoms with van der Waals surface area (Å²) < 4.78 is 5.08. The second-order valence-corrected chi connectivity index (χ2v) is 9.93. The highest BCUT2D eigenvalue weighted by molar-refractivity contribution is 8.00. The number of anilines is 1. The third kappa shape index (κ3) is 5.65. The molecular formula is C23H21N5O9S2. The summed E-state index contributed by atoms with van der Waals surface area (Å²) in [5, 5.41) is 35.9. The van der Waals surface area contributed by atoms with Gasteiger partial charge in [0.15, 0.2) is 22.3 Å². The number of phenolic OH excluding ortho intramolecular Hbond substituents is 2. The normalized spacial score (nSPS) is 18.9. The molecule has 0 radical (unpaired) electrons. The predicted octanol–water partition coefficient (Wildman–Crippen LogP) is 0.639. The Morgan fingerprint density at radius 3 is 2.72 bits per heavy atom. The molecule has 1 fully saturated rings. The van der Waals surface area contributed by atoms with Gasteiger partial charge in [-0.15, -0.1) is 23.1 Å². The first kappa shape index (κ1) is 27.5. The van der Waals surface area contributed by atoms with E-state index in [0.717, 1.165) is 28.4 Å². The molecule has 0 spiro atoms. The van der Waals surface area contributed by atoms with E-state index in [-0.39, 0.29) is 45.9 Å². The van der Waals surface area contributed by atoms with E-state index in [1.165, 1.54) is 42.5 Å². The summed E-state index contributed by atoms with van der Waals surface area (Å²) in [5.41, 5.74) is 5.66. The second-order valence-electron chi connectivity index (χ2n) is 7.94. The third-order valence-electron chi connectivity index (χ3n) is 5.49. The van der Waals surface area contributed by atoms with E-state index in [1.54, 1.807) is 0 Å². The maximum atomic E-state index is 12.9. The van der Waals surface area contributed by atoms with Gasteiger partial charge in [-0.25, -0.2) is 14.6 Å². The number of aromatic hydroxyl groups is 2. The second kappa shape index (κ2) is 11.4. The highest BCUT2D eigenvalue weighted by Crippen LogP contribution is 2.40. The zero-order chi connectivity index (χ0) is 28.3. The van der Waals surface area contributed by atoms with Gasteiger partial charge in [0.25, 0.3) is 11.8 Å². The van der Waals surface area contributed by atoms with Gasteiger partial charge in [-0.2, -0.15) is 0 Å². The highest BCUT2D eigenvalue weighted by atomic mass is 32.2. The summed E-state index contributed by atoms with van der Waals surface area (Å²) in [5.74, 6) is -4.15. The van der Waals surface area contributed by atoms with Crippen LogP contribution in [0, 0.1) is 0 Å². The Kier molecular flexibility index (Phi) is 8.06. The van der Waals surface area contributed by atoms with Crippen molar-refractivity contribution < 1.29 is 44.1 Å². The van der Waals surface area contributed by atoms with Crippen LogP contribution in [0.15, 0.2) is 52.2 Å². The Morgan fingerprint density at radius 2 is 2.08 bits per heavy atom. The smallest absolute Gasteiger partial charge is 0.352 e. The number of thiazole rings is 1. The number of aliphatic carboxylic acids is 1. The maximum absolute atomic E-state index is 12.9. The Labute approximate surface area is 228 Å². The molecule has 6 N–H and O–H groups in total. The summed E-state index contributed by atoms with van der Waals surface area (Å²) >= 11 is 2.33. The van der Waals surface area contributed by atoms with E-state index >= 15 is 0 Å². The Balaban J connectivity index is 1.42. The number of β-lactam (4-membered cyclic amide) rings is 1. The van der Waals surface area contributed by atoms with Crippen molar-refractivity contribution in [3.8, 4) is 11.5 Å². The molecule has 0 bridgehead atoms. The van der Waals surface area contributed by atoms with Crippen LogP contribution in [-0.4, -0.2) is 85.6 Å². The number of benzene rings is 1. The minimum atomic E-state index is -1.34. The van der Waals surface area contributed by atoms with Crippen LogP contribution in [-0.2, 0) is 24.0 Å². The fraction of sp³-hybridized carbons (Fsp3) is 0.217. The quantitative estimate of drug-likeness (QED) is 0.0916.